The number of hydrogen-bond donors (Lipinski definition) is 0. The lowest BCUT2D eigenvalue weighted by Crippen LogP contribution is -2.45. The van der Waals surface area contributed by atoms with Gasteiger partial charge in [-0.1, -0.05) is 30.3 Å². The topological polar surface area (TPSA) is 72.9 Å². The molecule has 0 bridgehead atoms. The van der Waals surface area contributed by atoms with E-state index in [4.69, 9.17) is 8.92 Å². The first-order chi connectivity index (χ1) is 12.8. The van der Waals surface area contributed by atoms with Gasteiger partial charge in [-0.05, 0) is 65.4 Å². The summed E-state index contributed by atoms with van der Waals surface area (Å²) in [5.41, 5.74) is 0.00841. The van der Waals surface area contributed by atoms with Gasteiger partial charge in [0, 0.05) is 12.1 Å². The van der Waals surface area contributed by atoms with Crippen LogP contribution < -0.4 is 0 Å². The molecule has 1 aliphatic heterocycles. The molecule has 0 spiro atoms. The van der Waals surface area contributed by atoms with Crippen molar-refractivity contribution in [3.8, 4) is 0 Å². The van der Waals surface area contributed by atoms with Crippen LogP contribution in [0, 0.1) is 5.92 Å². The number of likely N-dealkylation sites (tertiary alicyclic amines) is 1. The highest BCUT2D eigenvalue weighted by Crippen LogP contribution is 2.38. The van der Waals surface area contributed by atoms with Crippen LogP contribution >= 0.6 is 0 Å². The normalized spacial score (nSPS) is 20.8. The molecule has 0 radical (unpaired) electrons. The van der Waals surface area contributed by atoms with Crippen LogP contribution in [0.2, 0.25) is 0 Å². The van der Waals surface area contributed by atoms with Crippen molar-refractivity contribution >= 4 is 16.2 Å². The van der Waals surface area contributed by atoms with Crippen LogP contribution in [0.4, 0.5) is 4.79 Å². The third-order valence-electron chi connectivity index (χ3n) is 4.87. The van der Waals surface area contributed by atoms with Crippen molar-refractivity contribution in [3.63, 3.8) is 0 Å². The summed E-state index contributed by atoms with van der Waals surface area (Å²) in [7, 11) is -3.57. The minimum atomic E-state index is -3.57. The van der Waals surface area contributed by atoms with E-state index in [1.807, 2.05) is 65.0 Å². The van der Waals surface area contributed by atoms with Crippen molar-refractivity contribution in [3.05, 3.63) is 35.9 Å². The first-order valence-electron chi connectivity index (χ1n) is 9.71. The Morgan fingerprint density at radius 2 is 1.86 bits per heavy atom. The SMILES string of the molecule is CC(C)(C)OC(=O)N1C[C@@H](CCC(OS(C)(=O)=O)c2ccccc2)CC1(C)C. The van der Waals surface area contributed by atoms with Gasteiger partial charge in [0.2, 0.25) is 0 Å². The van der Waals surface area contributed by atoms with E-state index in [1.165, 1.54) is 0 Å². The lowest BCUT2D eigenvalue weighted by Gasteiger charge is -2.33. The molecule has 1 aliphatic rings. The Morgan fingerprint density at radius 1 is 1.25 bits per heavy atom. The molecule has 7 heteroatoms. The van der Waals surface area contributed by atoms with Gasteiger partial charge in [0.1, 0.15) is 11.7 Å². The van der Waals surface area contributed by atoms with Crippen molar-refractivity contribution in [2.24, 2.45) is 5.92 Å². The molecule has 28 heavy (non-hydrogen) atoms. The van der Waals surface area contributed by atoms with E-state index >= 15 is 0 Å². The minimum Gasteiger partial charge on any atom is -0.444 e. The summed E-state index contributed by atoms with van der Waals surface area (Å²) in [6, 6.07) is 9.38. The molecule has 1 aromatic carbocycles. The number of ether oxygens (including phenoxy) is 1. The average molecular weight is 412 g/mol. The van der Waals surface area contributed by atoms with Crippen LogP contribution in [0.25, 0.3) is 0 Å². The van der Waals surface area contributed by atoms with E-state index in [0.717, 1.165) is 24.7 Å². The van der Waals surface area contributed by atoms with E-state index in [0.29, 0.717) is 13.0 Å². The van der Waals surface area contributed by atoms with Gasteiger partial charge < -0.3 is 9.64 Å². The molecule has 1 saturated heterocycles. The highest BCUT2D eigenvalue weighted by Gasteiger charge is 2.42. The largest absolute Gasteiger partial charge is 0.444 e. The smallest absolute Gasteiger partial charge is 0.410 e. The number of nitrogens with zero attached hydrogens (tertiary/aromatic N) is 1. The molecule has 1 fully saturated rings. The maximum absolute atomic E-state index is 12.6. The molecule has 0 aromatic heterocycles. The summed E-state index contributed by atoms with van der Waals surface area (Å²) in [6.07, 6.45) is 2.43. The van der Waals surface area contributed by atoms with Gasteiger partial charge in [-0.15, -0.1) is 0 Å². The van der Waals surface area contributed by atoms with Gasteiger partial charge in [-0.2, -0.15) is 8.42 Å². The van der Waals surface area contributed by atoms with Gasteiger partial charge in [-0.3, -0.25) is 4.18 Å². The molecule has 1 amide bonds. The molecule has 6 nitrogen and oxygen atoms in total. The standard InChI is InChI=1S/C21H33NO5S/c1-20(2,3)26-19(23)22-15-16(14-21(22,4)5)12-13-18(27-28(6,24)25)17-10-8-7-9-11-17/h7-11,16,18H,12-15H2,1-6H3/t16-,18?/m0/s1. The van der Waals surface area contributed by atoms with Gasteiger partial charge in [0.05, 0.1) is 6.26 Å². The first kappa shape index (κ1) is 22.7. The zero-order chi connectivity index (χ0) is 21.2. The highest BCUT2D eigenvalue weighted by molar-refractivity contribution is 7.86. The second-order valence-corrected chi connectivity index (χ2v) is 10.9. The zero-order valence-electron chi connectivity index (χ0n) is 17.8. The lowest BCUT2D eigenvalue weighted by molar-refractivity contribution is 0.0130. The fourth-order valence-corrected chi connectivity index (χ4v) is 4.38. The predicted octanol–water partition coefficient (Wildman–Crippen LogP) is 4.52. The Bertz CT molecular complexity index is 768. The van der Waals surface area contributed by atoms with Gasteiger partial charge in [0.25, 0.3) is 10.1 Å². The second kappa shape index (κ2) is 8.41. The van der Waals surface area contributed by atoms with E-state index in [1.54, 1.807) is 4.90 Å². The highest BCUT2D eigenvalue weighted by atomic mass is 32.2. The van der Waals surface area contributed by atoms with Crippen LogP contribution in [0.1, 0.15) is 65.5 Å². The van der Waals surface area contributed by atoms with Crippen LogP contribution in [-0.2, 0) is 19.0 Å². The molecular weight excluding hydrogens is 378 g/mol. The molecule has 2 rings (SSSR count). The summed E-state index contributed by atoms with van der Waals surface area (Å²) in [6.45, 7) is 10.3. The Morgan fingerprint density at radius 3 is 2.39 bits per heavy atom. The van der Waals surface area contributed by atoms with Crippen LogP contribution in [0.3, 0.4) is 0 Å². The zero-order valence-corrected chi connectivity index (χ0v) is 18.6. The van der Waals surface area contributed by atoms with Crippen LogP contribution in [0.5, 0.6) is 0 Å². The van der Waals surface area contributed by atoms with E-state index in [2.05, 4.69) is 0 Å². The van der Waals surface area contributed by atoms with Crippen LogP contribution in [0.15, 0.2) is 30.3 Å². The molecule has 1 unspecified atom stereocenters. The molecule has 0 N–H and O–H groups in total. The van der Waals surface area contributed by atoms with Gasteiger partial charge in [0.15, 0.2) is 0 Å². The predicted molar refractivity (Wildman–Crippen MR) is 109 cm³/mol. The summed E-state index contributed by atoms with van der Waals surface area (Å²) < 4.78 is 34.3. The Balaban J connectivity index is 2.05. The van der Waals surface area contributed by atoms with Crippen molar-refractivity contribution in [1.82, 2.24) is 4.90 Å². The number of benzene rings is 1. The quantitative estimate of drug-likeness (QED) is 0.644. The second-order valence-electron chi connectivity index (χ2n) is 9.25. The molecule has 0 saturated carbocycles. The van der Waals surface area contributed by atoms with E-state index in [9.17, 15) is 13.2 Å². The molecule has 158 valence electrons. The number of hydrogen-bond acceptors (Lipinski definition) is 5. The molecular formula is C21H33NO5S. The summed E-state index contributed by atoms with van der Waals surface area (Å²) in [5, 5.41) is 0. The monoisotopic (exact) mass is 411 g/mol. The lowest BCUT2D eigenvalue weighted by atomic mass is 9.91. The van der Waals surface area contributed by atoms with Crippen molar-refractivity contribution < 1.29 is 22.1 Å². The van der Waals surface area contributed by atoms with E-state index in [-0.39, 0.29) is 17.6 Å². The maximum atomic E-state index is 12.6. The van der Waals surface area contributed by atoms with Crippen molar-refractivity contribution in [2.75, 3.05) is 12.8 Å². The number of rotatable bonds is 6. The molecule has 1 heterocycles. The minimum absolute atomic E-state index is 0.261. The third kappa shape index (κ3) is 6.78. The molecule has 1 aromatic rings. The fourth-order valence-electron chi connectivity index (χ4n) is 3.75. The molecule has 2 atom stereocenters. The van der Waals surface area contributed by atoms with Crippen molar-refractivity contribution in [1.29, 1.82) is 0 Å². The Kier molecular flexibility index (Phi) is 6.82. The fraction of sp³-hybridized carbons (Fsp3) is 0.667. The Hall–Kier alpha value is -1.60. The first-order valence-corrected chi connectivity index (χ1v) is 11.5. The number of carbonyl (C=O) groups excluding carboxylic acids is 1. The average Bonchev–Trinajstić information content (AvgIpc) is 2.84. The number of carbonyl (C=O) groups is 1. The summed E-state index contributed by atoms with van der Waals surface area (Å²) in [5.74, 6) is 0.261. The van der Waals surface area contributed by atoms with E-state index < -0.39 is 21.8 Å². The Labute approximate surface area is 169 Å². The molecule has 0 aliphatic carbocycles. The van der Waals surface area contributed by atoms with Gasteiger partial charge >= 0.3 is 6.09 Å². The third-order valence-corrected chi connectivity index (χ3v) is 5.45. The van der Waals surface area contributed by atoms with Gasteiger partial charge in [-0.25, -0.2) is 4.79 Å². The number of amides is 1. The van der Waals surface area contributed by atoms with Crippen LogP contribution in [-0.4, -0.2) is 43.4 Å². The summed E-state index contributed by atoms with van der Waals surface area (Å²) in [4.78, 5) is 14.4. The summed E-state index contributed by atoms with van der Waals surface area (Å²) >= 11 is 0. The maximum Gasteiger partial charge on any atom is 0.410 e. The van der Waals surface area contributed by atoms with Crippen molar-refractivity contribution in [2.45, 2.75) is 71.1 Å².